The molecule has 0 bridgehead atoms. The molecule has 2 aromatic rings. The minimum absolute atomic E-state index is 0.124. The van der Waals surface area contributed by atoms with Crippen molar-refractivity contribution in [2.75, 3.05) is 11.9 Å². The average Bonchev–Trinajstić information content (AvgIpc) is 2.76. The Balaban J connectivity index is 1.71. The highest BCUT2D eigenvalue weighted by molar-refractivity contribution is 7.22. The number of anilines is 1. The van der Waals surface area contributed by atoms with Crippen LogP contribution in [0.25, 0.3) is 10.2 Å². The van der Waals surface area contributed by atoms with E-state index in [1.165, 1.54) is 4.70 Å². The summed E-state index contributed by atoms with van der Waals surface area (Å²) in [5, 5.41) is 14.6. The van der Waals surface area contributed by atoms with Gasteiger partial charge < -0.3 is 10.4 Å². The molecule has 1 aliphatic carbocycles. The lowest BCUT2D eigenvalue weighted by Crippen LogP contribution is -2.42. The molecule has 1 saturated carbocycles. The molecule has 1 fully saturated rings. The number of nitrogens with one attached hydrogen (secondary N) is 1. The molecule has 2 N–H and O–H groups in total. The van der Waals surface area contributed by atoms with Crippen molar-refractivity contribution in [1.29, 1.82) is 0 Å². The van der Waals surface area contributed by atoms with Crippen molar-refractivity contribution in [3.8, 4) is 0 Å². The average molecular weight is 304 g/mol. The number of nitrogens with zero attached hydrogens (tertiary/aromatic N) is 1. The third-order valence-corrected chi connectivity index (χ3v) is 5.38. The Hall–Kier alpha value is -1.13. The molecule has 0 spiro atoms. The fourth-order valence-electron chi connectivity index (χ4n) is 3.95. The van der Waals surface area contributed by atoms with E-state index in [0.717, 1.165) is 36.5 Å². The number of benzene rings is 1. The molecular formula is C17H24N2OS. The third kappa shape index (κ3) is 3.38. The number of fused-ring (bicyclic) bond motifs is 1. The molecule has 4 heteroatoms. The molecule has 1 heterocycles. The van der Waals surface area contributed by atoms with E-state index in [1.54, 1.807) is 11.3 Å². The predicted molar refractivity (Wildman–Crippen MR) is 89.9 cm³/mol. The van der Waals surface area contributed by atoms with Crippen LogP contribution in [-0.4, -0.2) is 22.7 Å². The van der Waals surface area contributed by atoms with Gasteiger partial charge in [0.2, 0.25) is 0 Å². The van der Waals surface area contributed by atoms with Gasteiger partial charge in [-0.1, -0.05) is 44.2 Å². The molecule has 0 amide bonds. The summed E-state index contributed by atoms with van der Waals surface area (Å²) < 4.78 is 1.22. The zero-order valence-electron chi connectivity index (χ0n) is 13.0. The Labute approximate surface area is 130 Å². The van der Waals surface area contributed by atoms with Gasteiger partial charge in [-0.25, -0.2) is 4.98 Å². The van der Waals surface area contributed by atoms with Crippen LogP contribution in [0, 0.1) is 10.8 Å². The Kier molecular flexibility index (Phi) is 3.70. The predicted octanol–water partition coefficient (Wildman–Crippen LogP) is 4.29. The van der Waals surface area contributed by atoms with Crippen molar-refractivity contribution in [1.82, 2.24) is 4.98 Å². The van der Waals surface area contributed by atoms with E-state index in [-0.39, 0.29) is 16.9 Å². The van der Waals surface area contributed by atoms with Crippen LogP contribution in [0.4, 0.5) is 5.13 Å². The topological polar surface area (TPSA) is 45.1 Å². The summed E-state index contributed by atoms with van der Waals surface area (Å²) in [4.78, 5) is 4.63. The molecule has 0 aliphatic heterocycles. The van der Waals surface area contributed by atoms with Crippen LogP contribution in [0.15, 0.2) is 24.3 Å². The van der Waals surface area contributed by atoms with Crippen molar-refractivity contribution in [3.63, 3.8) is 0 Å². The molecular weight excluding hydrogens is 280 g/mol. The van der Waals surface area contributed by atoms with E-state index in [9.17, 15) is 5.11 Å². The normalized spacial score (nSPS) is 28.7. The first-order valence-electron chi connectivity index (χ1n) is 7.63. The molecule has 3 rings (SSSR count). The number of rotatable bonds is 3. The van der Waals surface area contributed by atoms with Gasteiger partial charge in [-0.05, 0) is 42.2 Å². The Bertz CT molecular complexity index is 604. The van der Waals surface area contributed by atoms with E-state index in [2.05, 4.69) is 37.1 Å². The fraction of sp³-hybridized carbons (Fsp3) is 0.588. The number of hydrogen-bond acceptors (Lipinski definition) is 4. The largest absolute Gasteiger partial charge is 0.393 e. The molecule has 114 valence electrons. The first kappa shape index (κ1) is 14.8. The van der Waals surface area contributed by atoms with Crippen molar-refractivity contribution in [3.05, 3.63) is 24.3 Å². The Morgan fingerprint density at radius 3 is 2.76 bits per heavy atom. The summed E-state index contributed by atoms with van der Waals surface area (Å²) in [6, 6.07) is 8.22. The van der Waals surface area contributed by atoms with Gasteiger partial charge in [-0.15, -0.1) is 0 Å². The van der Waals surface area contributed by atoms with Crippen LogP contribution in [0.2, 0.25) is 0 Å². The zero-order valence-corrected chi connectivity index (χ0v) is 13.8. The summed E-state index contributed by atoms with van der Waals surface area (Å²) in [6.45, 7) is 7.65. The Morgan fingerprint density at radius 1 is 1.29 bits per heavy atom. The van der Waals surface area contributed by atoms with Gasteiger partial charge in [0.05, 0.1) is 16.3 Å². The number of aliphatic hydroxyl groups excluding tert-OH is 1. The van der Waals surface area contributed by atoms with E-state index < -0.39 is 0 Å². The maximum absolute atomic E-state index is 10.2. The summed E-state index contributed by atoms with van der Waals surface area (Å²) in [5.41, 5.74) is 1.39. The molecule has 3 nitrogen and oxygen atoms in total. The van der Waals surface area contributed by atoms with Crippen LogP contribution in [0.5, 0.6) is 0 Å². The summed E-state index contributed by atoms with van der Waals surface area (Å²) in [5.74, 6) is 0. The van der Waals surface area contributed by atoms with E-state index in [1.807, 2.05) is 18.2 Å². The standard InChI is InChI=1S/C17H24N2OS/c1-16(2)8-12(20)9-17(3,10-16)11-18-15-19-13-6-4-5-7-14(13)21-15/h4-7,12,20H,8-11H2,1-3H3,(H,18,19)/t12-,17-/m0/s1. The molecule has 2 atom stereocenters. The molecule has 0 radical (unpaired) electrons. The maximum Gasteiger partial charge on any atom is 0.183 e. The van der Waals surface area contributed by atoms with Crippen molar-refractivity contribution >= 4 is 26.7 Å². The number of hydrogen-bond donors (Lipinski definition) is 2. The lowest BCUT2D eigenvalue weighted by Gasteiger charge is -2.45. The first-order valence-corrected chi connectivity index (χ1v) is 8.45. The lowest BCUT2D eigenvalue weighted by atomic mass is 9.63. The molecule has 21 heavy (non-hydrogen) atoms. The highest BCUT2D eigenvalue weighted by Crippen LogP contribution is 2.46. The summed E-state index contributed by atoms with van der Waals surface area (Å²) in [6.07, 6.45) is 2.73. The van der Waals surface area contributed by atoms with Crippen LogP contribution in [0.3, 0.4) is 0 Å². The molecule has 0 unspecified atom stereocenters. The van der Waals surface area contributed by atoms with Gasteiger partial charge in [0.1, 0.15) is 0 Å². The first-order chi connectivity index (χ1) is 9.85. The lowest BCUT2D eigenvalue weighted by molar-refractivity contribution is -0.00317. The third-order valence-electron chi connectivity index (χ3n) is 4.38. The number of aromatic nitrogens is 1. The maximum atomic E-state index is 10.2. The van der Waals surface area contributed by atoms with E-state index in [4.69, 9.17) is 0 Å². The monoisotopic (exact) mass is 304 g/mol. The van der Waals surface area contributed by atoms with Crippen molar-refractivity contribution in [2.45, 2.75) is 46.1 Å². The second-order valence-corrected chi connectivity index (χ2v) is 8.58. The molecule has 1 aliphatic rings. The fourth-order valence-corrected chi connectivity index (χ4v) is 4.81. The minimum atomic E-state index is -0.184. The molecule has 0 saturated heterocycles. The van der Waals surface area contributed by atoms with Crippen molar-refractivity contribution < 1.29 is 5.11 Å². The zero-order chi connectivity index (χ0) is 15.1. The van der Waals surface area contributed by atoms with Crippen LogP contribution in [-0.2, 0) is 0 Å². The second kappa shape index (κ2) is 5.25. The van der Waals surface area contributed by atoms with E-state index >= 15 is 0 Å². The molecule has 1 aromatic heterocycles. The summed E-state index contributed by atoms with van der Waals surface area (Å²) >= 11 is 1.70. The summed E-state index contributed by atoms with van der Waals surface area (Å²) in [7, 11) is 0. The molecule has 1 aromatic carbocycles. The van der Waals surface area contributed by atoms with Gasteiger partial charge in [-0.3, -0.25) is 0 Å². The van der Waals surface area contributed by atoms with Crippen LogP contribution >= 0.6 is 11.3 Å². The smallest absolute Gasteiger partial charge is 0.183 e. The van der Waals surface area contributed by atoms with Gasteiger partial charge in [-0.2, -0.15) is 0 Å². The number of thiazole rings is 1. The van der Waals surface area contributed by atoms with Crippen LogP contribution in [0.1, 0.15) is 40.0 Å². The highest BCUT2D eigenvalue weighted by Gasteiger charge is 2.40. The minimum Gasteiger partial charge on any atom is -0.393 e. The van der Waals surface area contributed by atoms with Gasteiger partial charge in [0.15, 0.2) is 5.13 Å². The number of aliphatic hydroxyl groups is 1. The van der Waals surface area contributed by atoms with Gasteiger partial charge in [0.25, 0.3) is 0 Å². The SMILES string of the molecule is CC1(C)C[C@H](O)C[C@](C)(CNc2nc3ccccc3s2)C1. The quantitative estimate of drug-likeness (QED) is 0.889. The van der Waals surface area contributed by atoms with Crippen LogP contribution < -0.4 is 5.32 Å². The van der Waals surface area contributed by atoms with Crippen molar-refractivity contribution in [2.24, 2.45) is 10.8 Å². The van der Waals surface area contributed by atoms with Gasteiger partial charge >= 0.3 is 0 Å². The van der Waals surface area contributed by atoms with Gasteiger partial charge in [0, 0.05) is 6.54 Å². The second-order valence-electron chi connectivity index (χ2n) is 7.55. The number of para-hydroxylation sites is 1. The van der Waals surface area contributed by atoms with E-state index in [0.29, 0.717) is 0 Å². The highest BCUT2D eigenvalue weighted by atomic mass is 32.1. The Morgan fingerprint density at radius 2 is 2.05 bits per heavy atom.